The molecule has 29 heavy (non-hydrogen) atoms. The van der Waals surface area contributed by atoms with Gasteiger partial charge in [-0.1, -0.05) is 122 Å². The lowest BCUT2D eigenvalue weighted by molar-refractivity contribution is -0.277. The minimum atomic E-state index is -0.605. The first-order valence-corrected chi connectivity index (χ1v) is 12.5. The minimum absolute atomic E-state index is 0.347. The molecular formula is C27H48O2. The third-order valence-electron chi connectivity index (χ3n) is 5.94. The van der Waals surface area contributed by atoms with Crippen molar-refractivity contribution < 1.29 is 9.47 Å². The molecule has 1 unspecified atom stereocenters. The normalized spacial score (nSPS) is 13.0. The molecule has 0 heterocycles. The highest BCUT2D eigenvalue weighted by Gasteiger charge is 2.40. The smallest absolute Gasteiger partial charge is 0.197 e. The van der Waals surface area contributed by atoms with Gasteiger partial charge in [-0.25, -0.2) is 0 Å². The van der Waals surface area contributed by atoms with E-state index in [9.17, 15) is 0 Å². The second-order valence-electron chi connectivity index (χ2n) is 8.60. The predicted molar refractivity (Wildman–Crippen MR) is 126 cm³/mol. The number of rotatable bonds is 19. The van der Waals surface area contributed by atoms with Crippen LogP contribution in [0.1, 0.15) is 117 Å². The molecule has 0 spiro atoms. The summed E-state index contributed by atoms with van der Waals surface area (Å²) in [6, 6.07) is 10.7. The molecule has 0 aromatic heterocycles. The lowest BCUT2D eigenvalue weighted by Gasteiger charge is -2.39. The zero-order valence-electron chi connectivity index (χ0n) is 19.9. The molecule has 0 radical (unpaired) electrons. The van der Waals surface area contributed by atoms with Crippen molar-refractivity contribution in [1.29, 1.82) is 0 Å². The Balaban J connectivity index is 2.85. The van der Waals surface area contributed by atoms with Crippen LogP contribution in [0.2, 0.25) is 0 Å². The second-order valence-corrected chi connectivity index (χ2v) is 8.60. The van der Waals surface area contributed by atoms with Crippen LogP contribution in [0.5, 0.6) is 0 Å². The van der Waals surface area contributed by atoms with Crippen LogP contribution in [0.3, 0.4) is 0 Å². The van der Waals surface area contributed by atoms with E-state index in [4.69, 9.17) is 9.47 Å². The van der Waals surface area contributed by atoms with Crippen LogP contribution in [0.4, 0.5) is 0 Å². The van der Waals surface area contributed by atoms with Crippen molar-refractivity contribution in [3.05, 3.63) is 35.9 Å². The topological polar surface area (TPSA) is 18.5 Å². The SMILES string of the molecule is CCCCCCCCC(C)C(OCCCCC)(OCCCCC)c1ccccc1. The van der Waals surface area contributed by atoms with E-state index in [0.29, 0.717) is 5.92 Å². The molecule has 0 fully saturated rings. The monoisotopic (exact) mass is 404 g/mol. The summed E-state index contributed by atoms with van der Waals surface area (Å²) in [4.78, 5) is 0. The molecule has 168 valence electrons. The summed E-state index contributed by atoms with van der Waals surface area (Å²) in [6.45, 7) is 10.6. The van der Waals surface area contributed by atoms with Crippen LogP contribution in [-0.2, 0) is 15.3 Å². The van der Waals surface area contributed by atoms with Gasteiger partial charge in [0.25, 0.3) is 0 Å². The van der Waals surface area contributed by atoms with Crippen LogP contribution < -0.4 is 0 Å². The predicted octanol–water partition coefficient (Wildman–Crippen LogP) is 8.64. The summed E-state index contributed by atoms with van der Waals surface area (Å²) in [5, 5.41) is 0. The summed E-state index contributed by atoms with van der Waals surface area (Å²) in [6.07, 6.45) is 16.2. The van der Waals surface area contributed by atoms with E-state index in [0.717, 1.165) is 32.5 Å². The van der Waals surface area contributed by atoms with E-state index in [2.05, 4.69) is 58.0 Å². The fourth-order valence-corrected chi connectivity index (χ4v) is 4.02. The maximum absolute atomic E-state index is 6.63. The average Bonchev–Trinajstić information content (AvgIpc) is 2.75. The standard InChI is InChI=1S/C27H48O2/c1-5-8-11-12-13-15-20-25(4)27(28-23-18-9-6-2,29-24-19-10-7-3)26-21-16-14-17-22-26/h14,16-17,21-22,25H,5-13,15,18-20,23-24H2,1-4H3. The Morgan fingerprint density at radius 2 is 1.14 bits per heavy atom. The summed E-state index contributed by atoms with van der Waals surface area (Å²) >= 11 is 0. The number of hydrogen-bond donors (Lipinski definition) is 0. The van der Waals surface area contributed by atoms with E-state index >= 15 is 0 Å². The summed E-state index contributed by atoms with van der Waals surface area (Å²) in [5.41, 5.74) is 1.19. The molecular weight excluding hydrogens is 356 g/mol. The Kier molecular flexibility index (Phi) is 15.2. The Hall–Kier alpha value is -0.860. The molecule has 0 bridgehead atoms. The maximum atomic E-state index is 6.63. The van der Waals surface area contributed by atoms with Crippen LogP contribution >= 0.6 is 0 Å². The van der Waals surface area contributed by atoms with E-state index < -0.39 is 5.79 Å². The van der Waals surface area contributed by atoms with Gasteiger partial charge in [-0.15, -0.1) is 0 Å². The summed E-state index contributed by atoms with van der Waals surface area (Å²) in [7, 11) is 0. The van der Waals surface area contributed by atoms with Crippen LogP contribution in [-0.4, -0.2) is 13.2 Å². The van der Waals surface area contributed by atoms with Gasteiger partial charge in [-0.3, -0.25) is 0 Å². The van der Waals surface area contributed by atoms with Crippen molar-refractivity contribution in [2.75, 3.05) is 13.2 Å². The van der Waals surface area contributed by atoms with E-state index in [-0.39, 0.29) is 0 Å². The van der Waals surface area contributed by atoms with Crippen molar-refractivity contribution in [2.24, 2.45) is 5.92 Å². The molecule has 0 aliphatic carbocycles. The number of hydrogen-bond acceptors (Lipinski definition) is 2. The zero-order valence-corrected chi connectivity index (χ0v) is 19.9. The van der Waals surface area contributed by atoms with Crippen molar-refractivity contribution >= 4 is 0 Å². The highest BCUT2D eigenvalue weighted by molar-refractivity contribution is 5.21. The van der Waals surface area contributed by atoms with E-state index in [1.54, 1.807) is 0 Å². The third kappa shape index (κ3) is 10.1. The van der Waals surface area contributed by atoms with Gasteiger partial charge in [-0.05, 0) is 19.3 Å². The Morgan fingerprint density at radius 1 is 0.655 bits per heavy atom. The van der Waals surface area contributed by atoms with Gasteiger partial charge in [0.1, 0.15) is 0 Å². The lowest BCUT2D eigenvalue weighted by Crippen LogP contribution is -2.40. The van der Waals surface area contributed by atoms with Gasteiger partial charge in [0, 0.05) is 11.5 Å². The first-order valence-electron chi connectivity index (χ1n) is 12.5. The van der Waals surface area contributed by atoms with Gasteiger partial charge >= 0.3 is 0 Å². The first kappa shape index (κ1) is 26.2. The molecule has 0 aliphatic heterocycles. The molecule has 0 N–H and O–H groups in total. The van der Waals surface area contributed by atoms with Gasteiger partial charge in [0.2, 0.25) is 0 Å². The molecule has 2 nitrogen and oxygen atoms in total. The fraction of sp³-hybridized carbons (Fsp3) is 0.778. The molecule has 2 heteroatoms. The van der Waals surface area contributed by atoms with Gasteiger partial charge in [-0.2, -0.15) is 0 Å². The van der Waals surface area contributed by atoms with Gasteiger partial charge in [0.05, 0.1) is 13.2 Å². The molecule has 0 saturated heterocycles. The zero-order chi connectivity index (χ0) is 21.2. The molecule has 1 atom stereocenters. The Bertz CT molecular complexity index is 459. The molecule has 1 aromatic rings. The minimum Gasteiger partial charge on any atom is -0.346 e. The quantitative estimate of drug-likeness (QED) is 0.170. The van der Waals surface area contributed by atoms with Crippen molar-refractivity contribution in [2.45, 2.75) is 117 Å². The maximum Gasteiger partial charge on any atom is 0.197 e. The van der Waals surface area contributed by atoms with Gasteiger partial charge in [0.15, 0.2) is 5.79 Å². The lowest BCUT2D eigenvalue weighted by atomic mass is 9.88. The molecule has 0 aliphatic rings. The molecule has 1 aromatic carbocycles. The third-order valence-corrected chi connectivity index (χ3v) is 5.94. The van der Waals surface area contributed by atoms with Crippen LogP contribution in [0.15, 0.2) is 30.3 Å². The molecule has 0 saturated carbocycles. The van der Waals surface area contributed by atoms with Gasteiger partial charge < -0.3 is 9.47 Å². The Morgan fingerprint density at radius 3 is 1.69 bits per heavy atom. The van der Waals surface area contributed by atoms with Crippen LogP contribution in [0, 0.1) is 5.92 Å². The number of benzene rings is 1. The van der Waals surface area contributed by atoms with Crippen molar-refractivity contribution in [1.82, 2.24) is 0 Å². The average molecular weight is 405 g/mol. The summed E-state index contributed by atoms with van der Waals surface area (Å²) in [5.74, 6) is -0.258. The largest absolute Gasteiger partial charge is 0.346 e. The Labute approximate surface area is 181 Å². The van der Waals surface area contributed by atoms with E-state index in [1.807, 2.05) is 0 Å². The fourth-order valence-electron chi connectivity index (χ4n) is 4.02. The first-order chi connectivity index (χ1) is 14.2. The van der Waals surface area contributed by atoms with Crippen molar-refractivity contribution in [3.63, 3.8) is 0 Å². The van der Waals surface area contributed by atoms with E-state index in [1.165, 1.54) is 69.8 Å². The van der Waals surface area contributed by atoms with Crippen molar-refractivity contribution in [3.8, 4) is 0 Å². The molecule has 1 rings (SSSR count). The highest BCUT2D eigenvalue weighted by atomic mass is 16.7. The summed E-state index contributed by atoms with van der Waals surface area (Å²) < 4.78 is 13.3. The number of unbranched alkanes of at least 4 members (excludes halogenated alkanes) is 9. The molecule has 0 amide bonds. The highest BCUT2D eigenvalue weighted by Crippen LogP contribution is 2.39. The van der Waals surface area contributed by atoms with Crippen LogP contribution in [0.25, 0.3) is 0 Å². The second kappa shape index (κ2) is 16.9. The number of ether oxygens (including phenoxy) is 2.